The van der Waals surface area contributed by atoms with E-state index in [2.05, 4.69) is 22.5 Å². The quantitative estimate of drug-likeness (QED) is 0.470. The monoisotopic (exact) mass is 564 g/mol. The Bertz CT molecular complexity index is 1180. The van der Waals surface area contributed by atoms with Crippen molar-refractivity contribution in [1.29, 1.82) is 0 Å². The number of rotatable bonds is 8. The van der Waals surface area contributed by atoms with Crippen LogP contribution in [0.4, 0.5) is 5.69 Å². The Morgan fingerprint density at radius 3 is 2.59 bits per heavy atom. The summed E-state index contributed by atoms with van der Waals surface area (Å²) in [5, 5.41) is 6.30. The van der Waals surface area contributed by atoms with E-state index in [1.54, 1.807) is 24.1 Å². The lowest BCUT2D eigenvalue weighted by Gasteiger charge is -2.36. The molecule has 222 valence electrons. The molecule has 2 bridgehead atoms. The van der Waals surface area contributed by atoms with Gasteiger partial charge in [0.25, 0.3) is 0 Å². The maximum atomic E-state index is 14.3. The first-order chi connectivity index (χ1) is 19.9. The van der Waals surface area contributed by atoms with Gasteiger partial charge in [-0.15, -0.1) is 0 Å². The number of hydrogen-bond donors (Lipinski definition) is 2. The van der Waals surface area contributed by atoms with Crippen LogP contribution in [0.15, 0.2) is 36.4 Å². The van der Waals surface area contributed by atoms with Crippen molar-refractivity contribution in [2.24, 2.45) is 17.8 Å². The van der Waals surface area contributed by atoms with E-state index in [0.29, 0.717) is 30.4 Å². The van der Waals surface area contributed by atoms with Crippen molar-refractivity contribution in [3.05, 3.63) is 36.4 Å². The molecule has 1 spiro atoms. The molecule has 41 heavy (non-hydrogen) atoms. The third-order valence-corrected chi connectivity index (χ3v) is 10.1. The van der Waals surface area contributed by atoms with Crippen molar-refractivity contribution in [2.75, 3.05) is 38.6 Å². The molecule has 0 unspecified atom stereocenters. The highest BCUT2D eigenvalue weighted by Gasteiger charge is 2.72. The van der Waals surface area contributed by atoms with Crippen LogP contribution < -0.4 is 15.4 Å². The highest BCUT2D eigenvalue weighted by atomic mass is 16.5. The van der Waals surface area contributed by atoms with Gasteiger partial charge in [-0.2, -0.15) is 0 Å². The van der Waals surface area contributed by atoms with Crippen molar-refractivity contribution >= 4 is 23.4 Å². The zero-order chi connectivity index (χ0) is 28.6. The van der Waals surface area contributed by atoms with Crippen LogP contribution in [-0.2, 0) is 19.1 Å². The first-order valence-electron chi connectivity index (χ1n) is 15.6. The third kappa shape index (κ3) is 5.27. The number of nitrogens with zero attached hydrogens (tertiary/aromatic N) is 2. The van der Waals surface area contributed by atoms with Gasteiger partial charge in [-0.25, -0.2) is 0 Å². The zero-order valence-corrected chi connectivity index (χ0v) is 24.3. The average Bonchev–Trinajstić information content (AvgIpc) is 3.52. The summed E-state index contributed by atoms with van der Waals surface area (Å²) in [4.78, 5) is 46.3. The normalized spacial score (nSPS) is 34.8. The van der Waals surface area contributed by atoms with Crippen molar-refractivity contribution in [2.45, 2.75) is 82.1 Å². The van der Waals surface area contributed by atoms with Gasteiger partial charge in [-0.3, -0.25) is 14.4 Å². The SMILES string of the molecule is COc1cccc(NC(=O)[C@@H]2[C@@H]3C=C[C@]4(O3)[C@@H]2C(=O)N(CCN2CCCCCC2)[C@H]4C(=O)N[C@H]2CCCC[C@H]2C)c1. The van der Waals surface area contributed by atoms with Crippen molar-refractivity contribution in [3.63, 3.8) is 0 Å². The fourth-order valence-corrected chi connectivity index (χ4v) is 7.84. The molecule has 2 N–H and O–H groups in total. The van der Waals surface area contributed by atoms with Gasteiger partial charge < -0.3 is 29.9 Å². The van der Waals surface area contributed by atoms with Crippen LogP contribution in [-0.4, -0.2) is 84.6 Å². The lowest BCUT2D eigenvalue weighted by molar-refractivity contribution is -0.141. The van der Waals surface area contributed by atoms with Crippen molar-refractivity contribution in [3.8, 4) is 5.75 Å². The summed E-state index contributed by atoms with van der Waals surface area (Å²) in [6, 6.07) is 6.47. The van der Waals surface area contributed by atoms with Gasteiger partial charge in [0.05, 0.1) is 25.0 Å². The Morgan fingerprint density at radius 2 is 1.83 bits per heavy atom. The van der Waals surface area contributed by atoms with E-state index < -0.39 is 29.6 Å². The van der Waals surface area contributed by atoms with Crippen LogP contribution in [0.25, 0.3) is 0 Å². The Balaban J connectivity index is 1.27. The summed E-state index contributed by atoms with van der Waals surface area (Å²) in [6.07, 6.45) is 12.3. The molecule has 1 aromatic carbocycles. The van der Waals surface area contributed by atoms with Crippen molar-refractivity contribution in [1.82, 2.24) is 15.1 Å². The molecular weight excluding hydrogens is 520 g/mol. The Hall–Kier alpha value is -2.91. The van der Waals surface area contributed by atoms with E-state index in [4.69, 9.17) is 9.47 Å². The fraction of sp³-hybridized carbons (Fsp3) is 0.656. The molecule has 0 radical (unpaired) electrons. The van der Waals surface area contributed by atoms with Gasteiger partial charge in [0.1, 0.15) is 17.4 Å². The summed E-state index contributed by atoms with van der Waals surface area (Å²) in [5.41, 5.74) is -0.543. The standard InChI is InChI=1S/C32H44N4O5/c1-21-10-5-6-13-24(21)34-30(38)28-32-15-14-25(41-32)26(29(37)33-22-11-9-12-23(20-22)40-2)27(32)31(39)36(28)19-18-35-16-7-3-4-8-17-35/h9,11-12,14-15,20-21,24-28H,3-8,10,13,16-19H2,1-2H3,(H,33,37)(H,34,38)/t21-,24+,25+,26-,27+,28+,32+/m1/s1. The number of anilines is 1. The summed E-state index contributed by atoms with van der Waals surface area (Å²) in [7, 11) is 1.58. The van der Waals surface area contributed by atoms with Crippen LogP contribution in [0, 0.1) is 17.8 Å². The molecular formula is C32H44N4O5. The largest absolute Gasteiger partial charge is 0.497 e. The van der Waals surface area contributed by atoms with Gasteiger partial charge in [-0.05, 0) is 56.8 Å². The maximum Gasteiger partial charge on any atom is 0.246 e. The molecule has 6 rings (SSSR count). The van der Waals surface area contributed by atoms with E-state index in [-0.39, 0.29) is 23.8 Å². The number of fused-ring (bicyclic) bond motifs is 1. The molecule has 4 heterocycles. The highest BCUT2D eigenvalue weighted by Crippen LogP contribution is 2.55. The van der Waals surface area contributed by atoms with Crippen LogP contribution in [0.2, 0.25) is 0 Å². The van der Waals surface area contributed by atoms with E-state index in [0.717, 1.165) is 45.2 Å². The van der Waals surface area contributed by atoms with Crippen LogP contribution in [0.1, 0.15) is 58.3 Å². The number of carbonyl (C=O) groups excluding carboxylic acids is 3. The second kappa shape index (κ2) is 11.8. The van der Waals surface area contributed by atoms with E-state index >= 15 is 0 Å². The van der Waals surface area contributed by atoms with Crippen LogP contribution >= 0.6 is 0 Å². The number of likely N-dealkylation sites (tertiary alicyclic amines) is 2. The number of amides is 3. The van der Waals surface area contributed by atoms with E-state index in [1.807, 2.05) is 24.3 Å². The van der Waals surface area contributed by atoms with Gasteiger partial charge in [-0.1, -0.05) is 50.8 Å². The third-order valence-electron chi connectivity index (χ3n) is 10.1. The van der Waals surface area contributed by atoms with Gasteiger partial charge in [0.15, 0.2) is 0 Å². The number of carbonyl (C=O) groups is 3. The molecule has 4 fully saturated rings. The molecule has 7 atom stereocenters. The van der Waals surface area contributed by atoms with Gasteiger partial charge in [0.2, 0.25) is 17.7 Å². The molecule has 1 aliphatic carbocycles. The number of benzene rings is 1. The molecule has 9 nitrogen and oxygen atoms in total. The van der Waals surface area contributed by atoms with Crippen LogP contribution in [0.3, 0.4) is 0 Å². The van der Waals surface area contributed by atoms with Gasteiger partial charge in [0, 0.05) is 30.9 Å². The second-order valence-electron chi connectivity index (χ2n) is 12.6. The Kier molecular flexibility index (Phi) is 8.10. The summed E-state index contributed by atoms with van der Waals surface area (Å²) < 4.78 is 11.8. The average molecular weight is 565 g/mol. The molecule has 9 heteroatoms. The molecule has 1 saturated carbocycles. The highest BCUT2D eigenvalue weighted by molar-refractivity contribution is 6.02. The summed E-state index contributed by atoms with van der Waals surface area (Å²) in [5.74, 6) is -1.03. The molecule has 5 aliphatic rings. The fourth-order valence-electron chi connectivity index (χ4n) is 7.84. The number of methoxy groups -OCH3 is 1. The molecule has 0 aromatic heterocycles. The minimum Gasteiger partial charge on any atom is -0.497 e. The number of ether oxygens (including phenoxy) is 2. The van der Waals surface area contributed by atoms with Crippen LogP contribution in [0.5, 0.6) is 5.75 Å². The maximum absolute atomic E-state index is 14.3. The van der Waals surface area contributed by atoms with Gasteiger partial charge >= 0.3 is 0 Å². The summed E-state index contributed by atoms with van der Waals surface area (Å²) in [6.45, 7) is 5.38. The molecule has 4 aliphatic heterocycles. The number of hydrogen-bond acceptors (Lipinski definition) is 6. The van der Waals surface area contributed by atoms with E-state index in [1.165, 1.54) is 19.3 Å². The topological polar surface area (TPSA) is 100 Å². The first kappa shape index (κ1) is 28.2. The van der Waals surface area contributed by atoms with E-state index in [9.17, 15) is 14.4 Å². The Labute approximate surface area is 243 Å². The minimum absolute atomic E-state index is 0.0870. The predicted molar refractivity (Wildman–Crippen MR) is 155 cm³/mol. The molecule has 1 aromatic rings. The number of nitrogens with one attached hydrogen (secondary N) is 2. The summed E-state index contributed by atoms with van der Waals surface area (Å²) >= 11 is 0. The second-order valence-corrected chi connectivity index (χ2v) is 12.6. The molecule has 3 amide bonds. The zero-order valence-electron chi connectivity index (χ0n) is 24.3. The first-order valence-corrected chi connectivity index (χ1v) is 15.6. The van der Waals surface area contributed by atoms with Crippen molar-refractivity contribution < 1.29 is 23.9 Å². The lowest BCUT2D eigenvalue weighted by Crippen LogP contribution is -2.58. The lowest BCUT2D eigenvalue weighted by atomic mass is 9.74. The Morgan fingerprint density at radius 1 is 1.05 bits per heavy atom. The molecule has 3 saturated heterocycles. The minimum atomic E-state index is -1.14. The predicted octanol–water partition coefficient (Wildman–Crippen LogP) is 3.36. The smallest absolute Gasteiger partial charge is 0.246 e.